The van der Waals surface area contributed by atoms with Crippen LogP contribution in [-0.2, 0) is 9.59 Å². The number of nitrogens with one attached hydrogen (secondary N) is 1. The molecule has 0 heterocycles. The van der Waals surface area contributed by atoms with Crippen molar-refractivity contribution >= 4 is 17.4 Å². The van der Waals surface area contributed by atoms with E-state index in [1.54, 1.807) is 12.1 Å². The first-order valence-corrected chi connectivity index (χ1v) is 5.41. The van der Waals surface area contributed by atoms with Gasteiger partial charge in [0.15, 0.2) is 5.78 Å². The van der Waals surface area contributed by atoms with Gasteiger partial charge in [0.05, 0.1) is 0 Å². The van der Waals surface area contributed by atoms with Crippen molar-refractivity contribution in [1.82, 2.24) is 0 Å². The Kier molecular flexibility index (Phi) is 2.95. The molecule has 1 aliphatic carbocycles. The van der Waals surface area contributed by atoms with Crippen LogP contribution in [0.4, 0.5) is 5.69 Å². The minimum absolute atomic E-state index is 0.106. The van der Waals surface area contributed by atoms with Gasteiger partial charge in [0.25, 0.3) is 5.91 Å². The predicted octanol–water partition coefficient (Wildman–Crippen LogP) is 2.11. The zero-order chi connectivity index (χ0) is 12.4. The van der Waals surface area contributed by atoms with Crippen LogP contribution in [0.1, 0.15) is 18.4 Å². The third-order valence-corrected chi connectivity index (χ3v) is 2.69. The number of ketones is 1. The molecule has 0 atom stereocenters. The summed E-state index contributed by atoms with van der Waals surface area (Å²) in [6, 6.07) is 7.23. The van der Waals surface area contributed by atoms with Crippen molar-refractivity contribution in [3.8, 4) is 0 Å². The van der Waals surface area contributed by atoms with Gasteiger partial charge < -0.3 is 10.4 Å². The van der Waals surface area contributed by atoms with E-state index in [1.165, 1.54) is 0 Å². The number of Topliss-reactive ketones (excluding diaryl/α,β-unsaturated/α-hetero) is 1. The van der Waals surface area contributed by atoms with Crippen LogP contribution in [0.15, 0.2) is 35.6 Å². The summed E-state index contributed by atoms with van der Waals surface area (Å²) in [7, 11) is 0. The summed E-state index contributed by atoms with van der Waals surface area (Å²) in [5, 5.41) is 12.0. The number of hydrogen-bond donors (Lipinski definition) is 2. The van der Waals surface area contributed by atoms with Gasteiger partial charge in [-0.1, -0.05) is 17.7 Å². The second-order valence-corrected chi connectivity index (χ2v) is 4.07. The van der Waals surface area contributed by atoms with Crippen molar-refractivity contribution in [1.29, 1.82) is 0 Å². The van der Waals surface area contributed by atoms with Crippen LogP contribution in [-0.4, -0.2) is 16.8 Å². The summed E-state index contributed by atoms with van der Waals surface area (Å²) in [5.41, 5.74) is 1.59. The lowest BCUT2D eigenvalue weighted by Gasteiger charge is -2.05. The standard InChI is InChI=1S/C13H13NO3/c1-8-2-4-9(5-3-8)14-13(17)12-10(15)6-7-11(12)16/h2-5,15H,6-7H2,1H3,(H,14,17). The summed E-state index contributed by atoms with van der Waals surface area (Å²) in [4.78, 5) is 23.2. The zero-order valence-corrected chi connectivity index (χ0v) is 9.49. The smallest absolute Gasteiger partial charge is 0.262 e. The molecule has 17 heavy (non-hydrogen) atoms. The number of aliphatic hydroxyl groups excluding tert-OH is 1. The maximum Gasteiger partial charge on any atom is 0.262 e. The van der Waals surface area contributed by atoms with Gasteiger partial charge in [-0.05, 0) is 19.1 Å². The highest BCUT2D eigenvalue weighted by molar-refractivity contribution is 6.25. The zero-order valence-electron chi connectivity index (χ0n) is 9.49. The monoisotopic (exact) mass is 231 g/mol. The number of carbonyl (C=O) groups excluding carboxylic acids is 2. The molecular weight excluding hydrogens is 218 g/mol. The van der Waals surface area contributed by atoms with E-state index < -0.39 is 5.91 Å². The van der Waals surface area contributed by atoms with Crippen molar-refractivity contribution in [2.75, 3.05) is 5.32 Å². The SMILES string of the molecule is Cc1ccc(NC(=O)C2=C(O)CCC2=O)cc1. The molecule has 0 unspecified atom stereocenters. The average molecular weight is 231 g/mol. The first-order chi connectivity index (χ1) is 8.08. The Balaban J connectivity index is 2.15. The van der Waals surface area contributed by atoms with E-state index in [-0.39, 0.29) is 30.0 Å². The summed E-state index contributed by atoms with van der Waals surface area (Å²) in [5.74, 6) is -0.944. The number of aryl methyl sites for hydroxylation is 1. The molecule has 2 N–H and O–H groups in total. The van der Waals surface area contributed by atoms with Gasteiger partial charge in [-0.15, -0.1) is 0 Å². The third-order valence-electron chi connectivity index (χ3n) is 2.69. The second-order valence-electron chi connectivity index (χ2n) is 4.07. The molecule has 2 rings (SSSR count). The normalized spacial score (nSPS) is 15.2. The Morgan fingerprint density at radius 1 is 1.24 bits per heavy atom. The highest BCUT2D eigenvalue weighted by Gasteiger charge is 2.28. The van der Waals surface area contributed by atoms with Gasteiger partial charge >= 0.3 is 0 Å². The molecule has 1 amide bonds. The van der Waals surface area contributed by atoms with E-state index in [2.05, 4.69) is 5.32 Å². The maximum absolute atomic E-state index is 11.8. The van der Waals surface area contributed by atoms with Gasteiger partial charge in [-0.2, -0.15) is 0 Å². The van der Waals surface area contributed by atoms with Crippen molar-refractivity contribution in [2.24, 2.45) is 0 Å². The fourth-order valence-electron chi connectivity index (χ4n) is 1.73. The molecule has 1 aromatic rings. The van der Waals surface area contributed by atoms with Crippen molar-refractivity contribution in [2.45, 2.75) is 19.8 Å². The molecule has 0 aromatic heterocycles. The van der Waals surface area contributed by atoms with E-state index in [0.29, 0.717) is 5.69 Å². The summed E-state index contributed by atoms with van der Waals surface area (Å²) < 4.78 is 0. The van der Waals surface area contributed by atoms with E-state index in [9.17, 15) is 14.7 Å². The molecule has 0 bridgehead atoms. The maximum atomic E-state index is 11.8. The lowest BCUT2D eigenvalue weighted by Crippen LogP contribution is -2.19. The van der Waals surface area contributed by atoms with Gasteiger partial charge in [-0.25, -0.2) is 0 Å². The Morgan fingerprint density at radius 3 is 2.41 bits per heavy atom. The molecule has 4 nitrogen and oxygen atoms in total. The lowest BCUT2D eigenvalue weighted by atomic mass is 10.2. The number of allylic oxidation sites excluding steroid dienone is 1. The van der Waals surface area contributed by atoms with Gasteiger partial charge in [0, 0.05) is 18.5 Å². The fourth-order valence-corrected chi connectivity index (χ4v) is 1.73. The molecule has 0 radical (unpaired) electrons. The Labute approximate surface area is 99.0 Å². The van der Waals surface area contributed by atoms with Crippen LogP contribution in [0.25, 0.3) is 0 Å². The Morgan fingerprint density at radius 2 is 1.88 bits per heavy atom. The predicted molar refractivity (Wildman–Crippen MR) is 63.7 cm³/mol. The minimum Gasteiger partial charge on any atom is -0.511 e. The molecule has 1 aromatic carbocycles. The molecular formula is C13H13NO3. The summed E-state index contributed by atoms with van der Waals surface area (Å²) in [6.07, 6.45) is 0.470. The van der Waals surface area contributed by atoms with Crippen molar-refractivity contribution in [3.05, 3.63) is 41.2 Å². The Bertz CT molecular complexity index is 500. The first kappa shape index (κ1) is 11.4. The van der Waals surface area contributed by atoms with E-state index in [4.69, 9.17) is 0 Å². The van der Waals surface area contributed by atoms with Gasteiger partial charge in [-0.3, -0.25) is 9.59 Å². The number of benzene rings is 1. The molecule has 0 saturated carbocycles. The van der Waals surface area contributed by atoms with Crippen LogP contribution >= 0.6 is 0 Å². The van der Waals surface area contributed by atoms with Crippen molar-refractivity contribution in [3.63, 3.8) is 0 Å². The number of rotatable bonds is 2. The molecule has 0 spiro atoms. The van der Waals surface area contributed by atoms with Gasteiger partial charge in [0.1, 0.15) is 11.3 Å². The molecule has 4 heteroatoms. The second kappa shape index (κ2) is 4.41. The largest absolute Gasteiger partial charge is 0.511 e. The van der Waals surface area contributed by atoms with Crippen molar-refractivity contribution < 1.29 is 14.7 Å². The molecule has 88 valence electrons. The summed E-state index contributed by atoms with van der Waals surface area (Å²) >= 11 is 0. The van der Waals surface area contributed by atoms with Crippen LogP contribution in [0.3, 0.4) is 0 Å². The van der Waals surface area contributed by atoms with Crippen LogP contribution in [0, 0.1) is 6.92 Å². The van der Waals surface area contributed by atoms with E-state index in [1.807, 2.05) is 19.1 Å². The van der Waals surface area contributed by atoms with E-state index >= 15 is 0 Å². The first-order valence-electron chi connectivity index (χ1n) is 5.41. The highest BCUT2D eigenvalue weighted by atomic mass is 16.3. The van der Waals surface area contributed by atoms with E-state index in [0.717, 1.165) is 5.56 Å². The molecule has 0 aliphatic heterocycles. The Hall–Kier alpha value is -2.10. The summed E-state index contributed by atoms with van der Waals surface area (Å²) in [6.45, 7) is 1.94. The number of carbonyl (C=O) groups is 2. The quantitative estimate of drug-likeness (QED) is 0.766. The average Bonchev–Trinajstić information content (AvgIpc) is 2.62. The number of anilines is 1. The number of amides is 1. The van der Waals surface area contributed by atoms with Gasteiger partial charge in [0.2, 0.25) is 0 Å². The molecule has 0 fully saturated rings. The van der Waals surface area contributed by atoms with Crippen LogP contribution in [0.2, 0.25) is 0 Å². The third kappa shape index (κ3) is 2.36. The number of hydrogen-bond acceptors (Lipinski definition) is 3. The fraction of sp³-hybridized carbons (Fsp3) is 0.231. The molecule has 1 aliphatic rings. The molecule has 0 saturated heterocycles. The highest BCUT2D eigenvalue weighted by Crippen LogP contribution is 2.22. The lowest BCUT2D eigenvalue weighted by molar-refractivity contribution is -0.119. The number of aliphatic hydroxyl groups is 1. The minimum atomic E-state index is -0.533. The topological polar surface area (TPSA) is 66.4 Å². The van der Waals surface area contributed by atoms with Crippen LogP contribution < -0.4 is 5.32 Å². The van der Waals surface area contributed by atoms with Crippen LogP contribution in [0.5, 0.6) is 0 Å².